The van der Waals surface area contributed by atoms with Gasteiger partial charge in [-0.05, 0) is 24.3 Å². The maximum absolute atomic E-state index is 13.3. The summed E-state index contributed by atoms with van der Waals surface area (Å²) in [6.45, 7) is 0. The van der Waals surface area contributed by atoms with E-state index in [9.17, 15) is 22.4 Å². The molecule has 1 heterocycles. The second-order valence-electron chi connectivity index (χ2n) is 3.51. The first-order chi connectivity index (χ1) is 8.41. The molecule has 0 aliphatic carbocycles. The number of benzene rings is 1. The Labute approximate surface area is 98.8 Å². The van der Waals surface area contributed by atoms with Gasteiger partial charge in [0, 0.05) is 5.56 Å². The third-order valence-corrected chi connectivity index (χ3v) is 2.30. The standard InChI is InChI=1S/C12H6F4O2/c13-10-5-7(1-3-9(10)12(14,15)16)11-4-2-8(6-17)18-11/h1-6H. The number of aldehydes is 1. The normalized spacial score (nSPS) is 11.6. The fraction of sp³-hybridized carbons (Fsp3) is 0.0833. The minimum atomic E-state index is -4.74. The Morgan fingerprint density at radius 3 is 2.33 bits per heavy atom. The van der Waals surface area contributed by atoms with Crippen LogP contribution < -0.4 is 0 Å². The largest absolute Gasteiger partial charge is 0.453 e. The number of alkyl halides is 3. The van der Waals surface area contributed by atoms with Crippen LogP contribution in [0.25, 0.3) is 11.3 Å². The van der Waals surface area contributed by atoms with E-state index in [1.807, 2.05) is 0 Å². The molecular formula is C12H6F4O2. The maximum Gasteiger partial charge on any atom is 0.419 e. The van der Waals surface area contributed by atoms with E-state index in [2.05, 4.69) is 0 Å². The van der Waals surface area contributed by atoms with Gasteiger partial charge in [0.05, 0.1) is 5.56 Å². The van der Waals surface area contributed by atoms with E-state index < -0.39 is 17.6 Å². The molecular weight excluding hydrogens is 252 g/mol. The average molecular weight is 258 g/mol. The molecule has 0 spiro atoms. The number of rotatable bonds is 2. The highest BCUT2D eigenvalue weighted by molar-refractivity contribution is 5.72. The van der Waals surface area contributed by atoms with Gasteiger partial charge in [0.25, 0.3) is 0 Å². The van der Waals surface area contributed by atoms with E-state index >= 15 is 0 Å². The molecule has 94 valence electrons. The molecule has 18 heavy (non-hydrogen) atoms. The van der Waals surface area contributed by atoms with E-state index in [0.717, 1.165) is 12.1 Å². The van der Waals surface area contributed by atoms with Crippen molar-refractivity contribution in [1.29, 1.82) is 0 Å². The fourth-order valence-electron chi connectivity index (χ4n) is 1.47. The number of carbonyl (C=O) groups is 1. The second-order valence-corrected chi connectivity index (χ2v) is 3.51. The van der Waals surface area contributed by atoms with Gasteiger partial charge in [0.2, 0.25) is 0 Å². The Bertz CT molecular complexity index is 584. The third-order valence-electron chi connectivity index (χ3n) is 2.30. The summed E-state index contributed by atoms with van der Waals surface area (Å²) in [5, 5.41) is 0. The molecule has 0 saturated carbocycles. The van der Waals surface area contributed by atoms with E-state index in [1.54, 1.807) is 0 Å². The van der Waals surface area contributed by atoms with E-state index in [0.29, 0.717) is 12.4 Å². The summed E-state index contributed by atoms with van der Waals surface area (Å²) in [5.41, 5.74) is -1.21. The summed E-state index contributed by atoms with van der Waals surface area (Å²) in [5.74, 6) is -1.24. The van der Waals surface area contributed by atoms with Gasteiger partial charge in [-0.2, -0.15) is 13.2 Å². The molecule has 0 N–H and O–H groups in total. The molecule has 0 bridgehead atoms. The predicted molar refractivity (Wildman–Crippen MR) is 54.5 cm³/mol. The van der Waals surface area contributed by atoms with Gasteiger partial charge in [-0.3, -0.25) is 4.79 Å². The van der Waals surface area contributed by atoms with Crippen LogP contribution in [-0.2, 0) is 6.18 Å². The van der Waals surface area contributed by atoms with Crippen LogP contribution in [-0.4, -0.2) is 6.29 Å². The molecule has 0 atom stereocenters. The number of carbonyl (C=O) groups excluding carboxylic acids is 1. The van der Waals surface area contributed by atoms with Gasteiger partial charge in [-0.25, -0.2) is 4.39 Å². The summed E-state index contributed by atoms with van der Waals surface area (Å²) in [6, 6.07) is 5.16. The zero-order valence-corrected chi connectivity index (χ0v) is 8.79. The van der Waals surface area contributed by atoms with E-state index in [1.165, 1.54) is 12.1 Å². The summed E-state index contributed by atoms with van der Waals surface area (Å²) < 4.78 is 55.3. The zero-order chi connectivity index (χ0) is 13.3. The van der Waals surface area contributed by atoms with Gasteiger partial charge in [0.15, 0.2) is 12.0 Å². The van der Waals surface area contributed by atoms with Crippen molar-refractivity contribution in [2.24, 2.45) is 0 Å². The van der Waals surface area contributed by atoms with Gasteiger partial charge in [-0.1, -0.05) is 6.07 Å². The molecule has 0 radical (unpaired) electrons. The van der Waals surface area contributed by atoms with Gasteiger partial charge in [0.1, 0.15) is 11.6 Å². The topological polar surface area (TPSA) is 30.2 Å². The molecule has 6 heteroatoms. The smallest absolute Gasteiger partial charge is 0.419 e. The Balaban J connectivity index is 2.43. The highest BCUT2D eigenvalue weighted by Crippen LogP contribution is 2.33. The molecule has 1 aromatic carbocycles. The van der Waals surface area contributed by atoms with Crippen molar-refractivity contribution in [3.8, 4) is 11.3 Å². The van der Waals surface area contributed by atoms with E-state index in [-0.39, 0.29) is 17.1 Å². The molecule has 1 aromatic heterocycles. The molecule has 2 rings (SSSR count). The van der Waals surface area contributed by atoms with Gasteiger partial charge in [-0.15, -0.1) is 0 Å². The van der Waals surface area contributed by atoms with Crippen LogP contribution in [0, 0.1) is 5.82 Å². The monoisotopic (exact) mass is 258 g/mol. The van der Waals surface area contributed by atoms with Crippen molar-refractivity contribution < 1.29 is 26.8 Å². The lowest BCUT2D eigenvalue weighted by molar-refractivity contribution is -0.139. The van der Waals surface area contributed by atoms with Crippen molar-refractivity contribution >= 4 is 6.29 Å². The van der Waals surface area contributed by atoms with Crippen molar-refractivity contribution in [2.45, 2.75) is 6.18 Å². The molecule has 0 amide bonds. The molecule has 0 fully saturated rings. The molecule has 0 saturated heterocycles. The zero-order valence-electron chi connectivity index (χ0n) is 8.79. The number of hydrogen-bond acceptors (Lipinski definition) is 2. The Hall–Kier alpha value is -2.11. The summed E-state index contributed by atoms with van der Waals surface area (Å²) in [6.07, 6.45) is -4.29. The average Bonchev–Trinajstić information content (AvgIpc) is 2.75. The molecule has 2 aromatic rings. The van der Waals surface area contributed by atoms with Crippen LogP contribution in [0.5, 0.6) is 0 Å². The molecule has 0 aliphatic heterocycles. The Morgan fingerprint density at radius 2 is 1.83 bits per heavy atom. The second kappa shape index (κ2) is 4.29. The first kappa shape index (κ1) is 12.3. The molecule has 0 aliphatic rings. The Morgan fingerprint density at radius 1 is 1.11 bits per heavy atom. The first-order valence-electron chi connectivity index (χ1n) is 4.84. The third kappa shape index (κ3) is 2.27. The van der Waals surface area contributed by atoms with Gasteiger partial charge >= 0.3 is 6.18 Å². The van der Waals surface area contributed by atoms with Crippen molar-refractivity contribution in [3.05, 3.63) is 47.5 Å². The molecule has 0 unspecified atom stereocenters. The number of hydrogen-bond donors (Lipinski definition) is 0. The minimum absolute atomic E-state index is 0.0188. The van der Waals surface area contributed by atoms with Crippen LogP contribution in [0.3, 0.4) is 0 Å². The van der Waals surface area contributed by atoms with Crippen molar-refractivity contribution in [2.75, 3.05) is 0 Å². The quantitative estimate of drug-likeness (QED) is 0.603. The maximum atomic E-state index is 13.3. The summed E-state index contributed by atoms with van der Waals surface area (Å²) >= 11 is 0. The van der Waals surface area contributed by atoms with Crippen LogP contribution in [0.4, 0.5) is 17.6 Å². The van der Waals surface area contributed by atoms with E-state index in [4.69, 9.17) is 4.42 Å². The lowest BCUT2D eigenvalue weighted by Crippen LogP contribution is -2.07. The van der Waals surface area contributed by atoms with Crippen LogP contribution >= 0.6 is 0 Å². The van der Waals surface area contributed by atoms with Crippen molar-refractivity contribution in [3.63, 3.8) is 0 Å². The lowest BCUT2D eigenvalue weighted by Gasteiger charge is -2.08. The number of halogens is 4. The highest BCUT2D eigenvalue weighted by Gasteiger charge is 2.34. The minimum Gasteiger partial charge on any atom is -0.453 e. The summed E-state index contributed by atoms with van der Waals surface area (Å²) in [4.78, 5) is 10.4. The van der Waals surface area contributed by atoms with Crippen LogP contribution in [0.15, 0.2) is 34.7 Å². The summed E-state index contributed by atoms with van der Waals surface area (Å²) in [7, 11) is 0. The highest BCUT2D eigenvalue weighted by atomic mass is 19.4. The van der Waals surface area contributed by atoms with Crippen LogP contribution in [0.2, 0.25) is 0 Å². The Kier molecular flexibility index (Phi) is 2.94. The fourth-order valence-corrected chi connectivity index (χ4v) is 1.47. The lowest BCUT2D eigenvalue weighted by atomic mass is 10.1. The SMILES string of the molecule is O=Cc1ccc(-c2ccc(C(F)(F)F)c(F)c2)o1. The first-order valence-corrected chi connectivity index (χ1v) is 4.84. The number of furan rings is 1. The predicted octanol–water partition coefficient (Wildman–Crippen LogP) is 3.92. The van der Waals surface area contributed by atoms with Crippen LogP contribution in [0.1, 0.15) is 16.1 Å². The molecule has 2 nitrogen and oxygen atoms in total. The van der Waals surface area contributed by atoms with Gasteiger partial charge < -0.3 is 4.42 Å². The van der Waals surface area contributed by atoms with Crippen molar-refractivity contribution in [1.82, 2.24) is 0 Å².